The first kappa shape index (κ1) is 21.8. The molecule has 168 valence electrons. The van der Waals surface area contributed by atoms with E-state index in [1.54, 1.807) is 54.4 Å². The van der Waals surface area contributed by atoms with Crippen molar-refractivity contribution < 1.29 is 18.7 Å². The van der Waals surface area contributed by atoms with Crippen LogP contribution in [0.3, 0.4) is 0 Å². The minimum Gasteiger partial charge on any atom is -0.461 e. The molecule has 2 amide bonds. The van der Waals surface area contributed by atoms with Crippen molar-refractivity contribution in [3.05, 3.63) is 84.5 Å². The summed E-state index contributed by atoms with van der Waals surface area (Å²) in [4.78, 5) is 28.4. The van der Waals surface area contributed by atoms with E-state index in [0.29, 0.717) is 31.2 Å². The van der Waals surface area contributed by atoms with Gasteiger partial charge in [0.2, 0.25) is 5.89 Å². The molecule has 0 saturated heterocycles. The third-order valence-electron chi connectivity index (χ3n) is 4.70. The third kappa shape index (κ3) is 5.65. The zero-order valence-electron chi connectivity index (χ0n) is 18.0. The van der Waals surface area contributed by atoms with Gasteiger partial charge >= 0.3 is 12.0 Å². The Bertz CT molecular complexity index is 1220. The zero-order chi connectivity index (χ0) is 23.0. The SMILES string of the molecule is CCOC(=O)c1ccn(-c2ccc(NC(=O)NCCc3coc(-c4ccccc4)n3)cc2)n1. The highest BCUT2D eigenvalue weighted by Gasteiger charge is 2.11. The Labute approximate surface area is 190 Å². The Morgan fingerprint density at radius 2 is 1.85 bits per heavy atom. The molecule has 0 spiro atoms. The van der Waals surface area contributed by atoms with Crippen molar-refractivity contribution in [3.63, 3.8) is 0 Å². The quantitative estimate of drug-likeness (QED) is 0.396. The van der Waals surface area contributed by atoms with Crippen molar-refractivity contribution in [3.8, 4) is 17.1 Å². The molecule has 0 atom stereocenters. The first-order valence-corrected chi connectivity index (χ1v) is 10.5. The Morgan fingerprint density at radius 3 is 2.61 bits per heavy atom. The number of aromatic nitrogens is 3. The van der Waals surface area contributed by atoms with Gasteiger partial charge in [-0.15, -0.1) is 0 Å². The number of ether oxygens (including phenoxy) is 1. The van der Waals surface area contributed by atoms with Crippen molar-refractivity contribution in [2.75, 3.05) is 18.5 Å². The summed E-state index contributed by atoms with van der Waals surface area (Å²) in [5.41, 5.74) is 3.28. The van der Waals surface area contributed by atoms with Gasteiger partial charge in [0.05, 0.1) is 18.0 Å². The molecule has 4 rings (SSSR count). The number of hydrogen-bond acceptors (Lipinski definition) is 6. The fourth-order valence-electron chi connectivity index (χ4n) is 3.09. The second kappa shape index (κ2) is 10.3. The lowest BCUT2D eigenvalue weighted by atomic mass is 10.2. The van der Waals surface area contributed by atoms with Crippen LogP contribution < -0.4 is 10.6 Å². The molecule has 0 saturated carbocycles. The number of benzene rings is 2. The molecule has 2 aromatic carbocycles. The number of esters is 1. The summed E-state index contributed by atoms with van der Waals surface area (Å²) >= 11 is 0. The monoisotopic (exact) mass is 445 g/mol. The van der Waals surface area contributed by atoms with Crippen molar-refractivity contribution in [1.29, 1.82) is 0 Å². The van der Waals surface area contributed by atoms with Gasteiger partial charge in [0, 0.05) is 30.4 Å². The number of rotatable bonds is 8. The number of anilines is 1. The first-order valence-electron chi connectivity index (χ1n) is 10.5. The summed E-state index contributed by atoms with van der Waals surface area (Å²) in [6.45, 7) is 2.45. The standard InChI is InChI=1S/C24H23N5O4/c1-2-32-23(30)21-13-15-29(28-21)20-10-8-18(9-11-20)27-24(31)25-14-12-19-16-33-22(26-19)17-6-4-3-5-7-17/h3-11,13,15-16H,2,12,14H2,1H3,(H2,25,27,31). The molecular formula is C24H23N5O4. The van der Waals surface area contributed by atoms with Gasteiger partial charge in [-0.05, 0) is 49.4 Å². The van der Waals surface area contributed by atoms with Crippen LogP contribution >= 0.6 is 0 Å². The lowest BCUT2D eigenvalue weighted by Crippen LogP contribution is -2.30. The molecule has 0 aliphatic heterocycles. The van der Waals surface area contributed by atoms with Gasteiger partial charge < -0.3 is 19.8 Å². The van der Waals surface area contributed by atoms with Crippen LogP contribution in [0.25, 0.3) is 17.1 Å². The van der Waals surface area contributed by atoms with Crippen LogP contribution in [-0.2, 0) is 11.2 Å². The van der Waals surface area contributed by atoms with E-state index in [-0.39, 0.29) is 11.7 Å². The number of carbonyl (C=O) groups excluding carboxylic acids is 2. The van der Waals surface area contributed by atoms with Crippen LogP contribution in [0.15, 0.2) is 77.5 Å². The molecule has 0 aliphatic rings. The van der Waals surface area contributed by atoms with Gasteiger partial charge in [0.1, 0.15) is 6.26 Å². The number of urea groups is 1. The molecule has 2 N–H and O–H groups in total. The maximum atomic E-state index is 12.2. The number of nitrogens with one attached hydrogen (secondary N) is 2. The van der Waals surface area contributed by atoms with Crippen molar-refractivity contribution in [2.24, 2.45) is 0 Å². The van der Waals surface area contributed by atoms with Crippen molar-refractivity contribution in [2.45, 2.75) is 13.3 Å². The summed E-state index contributed by atoms with van der Waals surface area (Å²) in [5.74, 6) is 0.0924. The minimum absolute atomic E-state index is 0.237. The van der Waals surface area contributed by atoms with E-state index in [1.165, 1.54) is 0 Å². The Kier molecular flexibility index (Phi) is 6.79. The summed E-state index contributed by atoms with van der Waals surface area (Å²) in [7, 11) is 0. The van der Waals surface area contributed by atoms with Gasteiger partial charge in [-0.25, -0.2) is 19.3 Å². The van der Waals surface area contributed by atoms with E-state index in [4.69, 9.17) is 9.15 Å². The second-order valence-corrected chi connectivity index (χ2v) is 7.05. The van der Waals surface area contributed by atoms with Crippen molar-refractivity contribution >= 4 is 17.7 Å². The summed E-state index contributed by atoms with van der Waals surface area (Å²) in [6, 6.07) is 18.0. The number of carbonyl (C=O) groups is 2. The number of oxazole rings is 1. The van der Waals surface area contributed by atoms with E-state index in [0.717, 1.165) is 16.9 Å². The van der Waals surface area contributed by atoms with E-state index in [9.17, 15) is 9.59 Å². The van der Waals surface area contributed by atoms with Gasteiger partial charge in [-0.2, -0.15) is 5.10 Å². The molecule has 0 radical (unpaired) electrons. The smallest absolute Gasteiger partial charge is 0.358 e. The van der Waals surface area contributed by atoms with E-state index in [2.05, 4.69) is 20.7 Å². The highest BCUT2D eigenvalue weighted by atomic mass is 16.5. The molecule has 33 heavy (non-hydrogen) atoms. The zero-order valence-corrected chi connectivity index (χ0v) is 18.0. The maximum absolute atomic E-state index is 12.2. The highest BCUT2D eigenvalue weighted by Crippen LogP contribution is 2.18. The van der Waals surface area contributed by atoms with Gasteiger partial charge in [0.15, 0.2) is 5.69 Å². The largest absolute Gasteiger partial charge is 0.461 e. The number of nitrogens with zero attached hydrogens (tertiary/aromatic N) is 3. The number of hydrogen-bond donors (Lipinski definition) is 2. The second-order valence-electron chi connectivity index (χ2n) is 7.05. The van der Waals surface area contributed by atoms with E-state index in [1.807, 2.05) is 30.3 Å². The first-order chi connectivity index (χ1) is 16.1. The van der Waals surface area contributed by atoms with Crippen LogP contribution in [0.2, 0.25) is 0 Å². The topological polar surface area (TPSA) is 111 Å². The van der Waals surface area contributed by atoms with E-state index < -0.39 is 5.97 Å². The predicted molar refractivity (Wildman–Crippen MR) is 122 cm³/mol. The van der Waals surface area contributed by atoms with Crippen LogP contribution in [0.4, 0.5) is 10.5 Å². The molecule has 0 aliphatic carbocycles. The predicted octanol–water partition coefficient (Wildman–Crippen LogP) is 4.07. The average molecular weight is 445 g/mol. The summed E-state index contributed by atoms with van der Waals surface area (Å²) in [6.07, 6.45) is 3.82. The Hall–Kier alpha value is -4.40. The molecule has 2 heterocycles. The van der Waals surface area contributed by atoms with E-state index >= 15 is 0 Å². The molecule has 0 fully saturated rings. The molecule has 4 aromatic rings. The molecular weight excluding hydrogens is 422 g/mol. The molecule has 9 nitrogen and oxygen atoms in total. The van der Waals surface area contributed by atoms with Crippen molar-refractivity contribution in [1.82, 2.24) is 20.1 Å². The third-order valence-corrected chi connectivity index (χ3v) is 4.70. The molecule has 0 bridgehead atoms. The Balaban J connectivity index is 1.25. The van der Waals surface area contributed by atoms with Gasteiger partial charge in [-0.1, -0.05) is 18.2 Å². The lowest BCUT2D eigenvalue weighted by Gasteiger charge is -2.08. The average Bonchev–Trinajstić information content (AvgIpc) is 3.51. The maximum Gasteiger partial charge on any atom is 0.358 e. The van der Waals surface area contributed by atoms with Gasteiger partial charge in [-0.3, -0.25) is 0 Å². The van der Waals surface area contributed by atoms with Crippen LogP contribution in [0.5, 0.6) is 0 Å². The highest BCUT2D eigenvalue weighted by molar-refractivity contribution is 5.89. The fourth-order valence-corrected chi connectivity index (χ4v) is 3.09. The summed E-state index contributed by atoms with van der Waals surface area (Å²) in [5, 5.41) is 9.79. The van der Waals surface area contributed by atoms with Crippen LogP contribution in [-0.4, -0.2) is 39.9 Å². The Morgan fingerprint density at radius 1 is 1.06 bits per heavy atom. The molecule has 2 aromatic heterocycles. The number of amides is 2. The molecule has 9 heteroatoms. The summed E-state index contributed by atoms with van der Waals surface area (Å²) < 4.78 is 12.0. The normalized spacial score (nSPS) is 10.6. The fraction of sp³-hybridized carbons (Fsp3) is 0.167. The van der Waals surface area contributed by atoms with Crippen LogP contribution in [0.1, 0.15) is 23.1 Å². The minimum atomic E-state index is -0.465. The van der Waals surface area contributed by atoms with Crippen LogP contribution in [0, 0.1) is 0 Å². The molecule has 0 unspecified atom stereocenters. The lowest BCUT2D eigenvalue weighted by molar-refractivity contribution is 0.0519. The van der Waals surface area contributed by atoms with Gasteiger partial charge in [0.25, 0.3) is 0 Å².